The van der Waals surface area contributed by atoms with Gasteiger partial charge in [-0.25, -0.2) is 9.18 Å². The van der Waals surface area contributed by atoms with E-state index in [0.717, 1.165) is 25.3 Å². The number of hydrogen-bond donors (Lipinski definition) is 1. The van der Waals surface area contributed by atoms with E-state index in [1.54, 1.807) is 0 Å². The molecule has 0 atom stereocenters. The number of nitrogen functional groups attached to an aromatic ring is 1. The van der Waals surface area contributed by atoms with Crippen LogP contribution in [0.1, 0.15) is 49.4 Å². The molecule has 0 spiro atoms. The highest BCUT2D eigenvalue weighted by Crippen LogP contribution is 2.12. The van der Waals surface area contributed by atoms with E-state index in [-0.39, 0.29) is 11.3 Å². The van der Waals surface area contributed by atoms with E-state index in [0.29, 0.717) is 6.61 Å². The maximum absolute atomic E-state index is 13.0. The summed E-state index contributed by atoms with van der Waals surface area (Å²) in [7, 11) is 0. The van der Waals surface area contributed by atoms with Crippen molar-refractivity contribution in [3.8, 4) is 0 Å². The standard InChI is InChI=1S/C14H20FNO2/c1-2-3-4-5-6-7-18-14(17)11-8-12(15)10-13(16)9-11/h8-10H,2-7,16H2,1H3. The Labute approximate surface area is 107 Å². The lowest BCUT2D eigenvalue weighted by atomic mass is 10.1. The second kappa shape index (κ2) is 7.69. The van der Waals surface area contributed by atoms with Gasteiger partial charge in [-0.15, -0.1) is 0 Å². The highest BCUT2D eigenvalue weighted by atomic mass is 19.1. The minimum absolute atomic E-state index is 0.168. The van der Waals surface area contributed by atoms with E-state index < -0.39 is 11.8 Å². The van der Waals surface area contributed by atoms with E-state index in [1.165, 1.54) is 25.0 Å². The lowest BCUT2D eigenvalue weighted by molar-refractivity contribution is 0.0497. The van der Waals surface area contributed by atoms with Gasteiger partial charge >= 0.3 is 5.97 Å². The fourth-order valence-corrected chi connectivity index (χ4v) is 1.68. The van der Waals surface area contributed by atoms with Gasteiger partial charge in [-0.1, -0.05) is 32.6 Å². The molecular formula is C14H20FNO2. The third-order valence-electron chi connectivity index (χ3n) is 2.64. The van der Waals surface area contributed by atoms with Crippen molar-refractivity contribution in [2.75, 3.05) is 12.3 Å². The van der Waals surface area contributed by atoms with Gasteiger partial charge in [0.25, 0.3) is 0 Å². The van der Waals surface area contributed by atoms with Crippen LogP contribution in [0.25, 0.3) is 0 Å². The molecule has 0 aliphatic rings. The lowest BCUT2D eigenvalue weighted by Crippen LogP contribution is -2.07. The summed E-state index contributed by atoms with van der Waals surface area (Å²) in [5.41, 5.74) is 5.85. The number of benzene rings is 1. The first-order valence-electron chi connectivity index (χ1n) is 6.36. The van der Waals surface area contributed by atoms with Crippen molar-refractivity contribution >= 4 is 11.7 Å². The number of rotatable bonds is 7. The van der Waals surface area contributed by atoms with Crippen molar-refractivity contribution in [3.05, 3.63) is 29.6 Å². The first kappa shape index (κ1) is 14.5. The van der Waals surface area contributed by atoms with Gasteiger partial charge < -0.3 is 10.5 Å². The van der Waals surface area contributed by atoms with Crippen LogP contribution >= 0.6 is 0 Å². The zero-order chi connectivity index (χ0) is 13.4. The van der Waals surface area contributed by atoms with Gasteiger partial charge in [-0.05, 0) is 24.6 Å². The van der Waals surface area contributed by atoms with Crippen LogP contribution in [0.5, 0.6) is 0 Å². The van der Waals surface area contributed by atoms with Crippen molar-refractivity contribution in [2.24, 2.45) is 0 Å². The number of unbranched alkanes of at least 4 members (excludes halogenated alkanes) is 4. The first-order chi connectivity index (χ1) is 8.63. The van der Waals surface area contributed by atoms with Gasteiger partial charge in [0, 0.05) is 5.69 Å². The molecule has 0 bridgehead atoms. The summed E-state index contributed by atoms with van der Waals surface area (Å²) in [6.45, 7) is 2.52. The molecule has 0 heterocycles. The van der Waals surface area contributed by atoms with E-state index in [4.69, 9.17) is 10.5 Å². The molecule has 0 amide bonds. The van der Waals surface area contributed by atoms with Gasteiger partial charge in [0.1, 0.15) is 5.82 Å². The number of hydrogen-bond acceptors (Lipinski definition) is 3. The number of carbonyl (C=O) groups is 1. The number of halogens is 1. The molecule has 0 aromatic heterocycles. The van der Waals surface area contributed by atoms with Crippen molar-refractivity contribution in [2.45, 2.75) is 39.0 Å². The first-order valence-corrected chi connectivity index (χ1v) is 6.36. The number of carbonyl (C=O) groups excluding carboxylic acids is 1. The zero-order valence-corrected chi connectivity index (χ0v) is 10.7. The highest BCUT2D eigenvalue weighted by Gasteiger charge is 2.09. The Bertz CT molecular complexity index is 373. The van der Waals surface area contributed by atoms with E-state index in [2.05, 4.69) is 6.92 Å². The number of anilines is 1. The van der Waals surface area contributed by atoms with Crippen LogP contribution in [-0.2, 0) is 4.74 Å². The summed E-state index contributed by atoms with van der Waals surface area (Å²) >= 11 is 0. The summed E-state index contributed by atoms with van der Waals surface area (Å²) in [6.07, 6.45) is 5.43. The van der Waals surface area contributed by atoms with E-state index in [9.17, 15) is 9.18 Å². The number of esters is 1. The zero-order valence-electron chi connectivity index (χ0n) is 10.7. The Morgan fingerprint density at radius 1 is 1.22 bits per heavy atom. The van der Waals surface area contributed by atoms with Gasteiger partial charge in [-0.2, -0.15) is 0 Å². The van der Waals surface area contributed by atoms with Gasteiger partial charge in [0.2, 0.25) is 0 Å². The highest BCUT2D eigenvalue weighted by molar-refractivity contribution is 5.90. The van der Waals surface area contributed by atoms with Crippen molar-refractivity contribution in [1.82, 2.24) is 0 Å². The maximum Gasteiger partial charge on any atom is 0.338 e. The van der Waals surface area contributed by atoms with Crippen LogP contribution in [0.15, 0.2) is 18.2 Å². The Kier molecular flexibility index (Phi) is 6.19. The molecule has 0 saturated carbocycles. The maximum atomic E-state index is 13.0. The minimum Gasteiger partial charge on any atom is -0.462 e. The van der Waals surface area contributed by atoms with Crippen LogP contribution in [0, 0.1) is 5.82 Å². The topological polar surface area (TPSA) is 52.3 Å². The van der Waals surface area contributed by atoms with Crippen LogP contribution in [-0.4, -0.2) is 12.6 Å². The number of nitrogens with two attached hydrogens (primary N) is 1. The molecule has 100 valence electrons. The largest absolute Gasteiger partial charge is 0.462 e. The van der Waals surface area contributed by atoms with Crippen molar-refractivity contribution in [1.29, 1.82) is 0 Å². The van der Waals surface area contributed by atoms with Crippen molar-refractivity contribution in [3.63, 3.8) is 0 Å². The van der Waals surface area contributed by atoms with Gasteiger partial charge in [-0.3, -0.25) is 0 Å². The molecule has 1 aromatic carbocycles. The normalized spacial score (nSPS) is 10.3. The Morgan fingerprint density at radius 2 is 1.94 bits per heavy atom. The second-order valence-corrected chi connectivity index (χ2v) is 4.32. The van der Waals surface area contributed by atoms with Gasteiger partial charge in [0.05, 0.1) is 12.2 Å². The Hall–Kier alpha value is -1.58. The molecular weight excluding hydrogens is 233 g/mol. The molecule has 0 aliphatic heterocycles. The fourth-order valence-electron chi connectivity index (χ4n) is 1.68. The molecule has 0 fully saturated rings. The smallest absolute Gasteiger partial charge is 0.338 e. The van der Waals surface area contributed by atoms with Crippen LogP contribution in [0.2, 0.25) is 0 Å². The Balaban J connectivity index is 2.32. The van der Waals surface area contributed by atoms with Crippen LogP contribution < -0.4 is 5.73 Å². The molecule has 2 N–H and O–H groups in total. The molecule has 1 rings (SSSR count). The molecule has 0 radical (unpaired) electrons. The fraction of sp³-hybridized carbons (Fsp3) is 0.500. The van der Waals surface area contributed by atoms with E-state index in [1.807, 2.05) is 0 Å². The summed E-state index contributed by atoms with van der Waals surface area (Å²) in [6, 6.07) is 3.72. The predicted molar refractivity (Wildman–Crippen MR) is 69.9 cm³/mol. The lowest BCUT2D eigenvalue weighted by Gasteiger charge is -2.05. The third-order valence-corrected chi connectivity index (χ3v) is 2.64. The second-order valence-electron chi connectivity index (χ2n) is 4.32. The molecule has 0 unspecified atom stereocenters. The van der Waals surface area contributed by atoms with Crippen LogP contribution in [0.4, 0.5) is 10.1 Å². The minimum atomic E-state index is -0.523. The predicted octanol–water partition coefficient (Wildman–Crippen LogP) is 3.54. The average molecular weight is 253 g/mol. The third kappa shape index (κ3) is 5.17. The molecule has 0 saturated heterocycles. The summed E-state index contributed by atoms with van der Waals surface area (Å²) in [5.74, 6) is -1.04. The molecule has 3 nitrogen and oxygen atoms in total. The molecule has 1 aromatic rings. The quantitative estimate of drug-likeness (QED) is 0.459. The van der Waals surface area contributed by atoms with Crippen molar-refractivity contribution < 1.29 is 13.9 Å². The summed E-state index contributed by atoms with van der Waals surface area (Å²) in [5, 5.41) is 0. The number of ether oxygens (including phenoxy) is 1. The van der Waals surface area contributed by atoms with E-state index >= 15 is 0 Å². The SMILES string of the molecule is CCCCCCCOC(=O)c1cc(N)cc(F)c1. The molecule has 0 aliphatic carbocycles. The van der Waals surface area contributed by atoms with Crippen LogP contribution in [0.3, 0.4) is 0 Å². The summed E-state index contributed by atoms with van der Waals surface area (Å²) < 4.78 is 18.1. The monoisotopic (exact) mass is 253 g/mol. The van der Waals surface area contributed by atoms with Gasteiger partial charge in [0.15, 0.2) is 0 Å². The molecule has 18 heavy (non-hydrogen) atoms. The summed E-state index contributed by atoms with van der Waals surface area (Å²) in [4.78, 5) is 11.6. The Morgan fingerprint density at radius 3 is 2.61 bits per heavy atom. The average Bonchev–Trinajstić information content (AvgIpc) is 2.32. The molecule has 4 heteroatoms.